The molecule has 2 nitrogen and oxygen atoms in total. The Kier molecular flexibility index (Phi) is 4.90. The van der Waals surface area contributed by atoms with E-state index in [1.54, 1.807) is 0 Å². The Morgan fingerprint density at radius 1 is 1.43 bits per heavy atom. The zero-order valence-electron chi connectivity index (χ0n) is 9.92. The van der Waals surface area contributed by atoms with Crippen LogP contribution < -0.4 is 11.1 Å². The van der Waals surface area contributed by atoms with Gasteiger partial charge < -0.3 is 11.1 Å². The van der Waals surface area contributed by atoms with Crippen molar-refractivity contribution in [1.29, 1.82) is 0 Å². The summed E-state index contributed by atoms with van der Waals surface area (Å²) in [6.45, 7) is 7.73. The topological polar surface area (TPSA) is 38.0 Å². The molecule has 0 radical (unpaired) electrons. The molecule has 0 bridgehead atoms. The van der Waals surface area contributed by atoms with Gasteiger partial charge in [0, 0.05) is 18.6 Å². The van der Waals surface area contributed by atoms with Crippen molar-refractivity contribution in [3.05, 3.63) is 0 Å². The maximum absolute atomic E-state index is 6.01. The predicted octanol–water partition coefficient (Wildman–Crippen LogP) is 2.14. The number of nitrogens with one attached hydrogen (secondary N) is 1. The third-order valence-electron chi connectivity index (χ3n) is 3.00. The molecule has 1 aliphatic carbocycles. The SMILES string of the molecule is CCCC1CC1NCC(N)CC(C)C. The third kappa shape index (κ3) is 4.43. The summed E-state index contributed by atoms with van der Waals surface area (Å²) in [6, 6.07) is 1.13. The van der Waals surface area contributed by atoms with Crippen LogP contribution in [0, 0.1) is 11.8 Å². The third-order valence-corrected chi connectivity index (χ3v) is 3.00. The molecule has 1 aliphatic rings. The average molecular weight is 198 g/mol. The van der Waals surface area contributed by atoms with E-state index in [-0.39, 0.29) is 0 Å². The second-order valence-corrected chi connectivity index (χ2v) is 5.19. The van der Waals surface area contributed by atoms with Crippen LogP contribution in [0.25, 0.3) is 0 Å². The summed E-state index contributed by atoms with van der Waals surface area (Å²) in [5.74, 6) is 1.67. The van der Waals surface area contributed by atoms with Crippen LogP contribution in [0.15, 0.2) is 0 Å². The van der Waals surface area contributed by atoms with Gasteiger partial charge in [0.25, 0.3) is 0 Å². The van der Waals surface area contributed by atoms with E-state index in [9.17, 15) is 0 Å². The van der Waals surface area contributed by atoms with E-state index in [2.05, 4.69) is 26.1 Å². The number of rotatable bonds is 7. The molecule has 1 fully saturated rings. The van der Waals surface area contributed by atoms with E-state index >= 15 is 0 Å². The van der Waals surface area contributed by atoms with Gasteiger partial charge in [-0.05, 0) is 31.1 Å². The average Bonchev–Trinajstić information content (AvgIpc) is 2.80. The van der Waals surface area contributed by atoms with Crippen LogP contribution in [0.5, 0.6) is 0 Å². The van der Waals surface area contributed by atoms with Crippen molar-refractivity contribution >= 4 is 0 Å². The molecule has 1 saturated carbocycles. The maximum Gasteiger partial charge on any atom is 0.0167 e. The van der Waals surface area contributed by atoms with Gasteiger partial charge in [0.1, 0.15) is 0 Å². The summed E-state index contributed by atoms with van der Waals surface area (Å²) >= 11 is 0. The van der Waals surface area contributed by atoms with Crippen LogP contribution >= 0.6 is 0 Å². The lowest BCUT2D eigenvalue weighted by Gasteiger charge is -2.14. The van der Waals surface area contributed by atoms with Gasteiger partial charge in [-0.3, -0.25) is 0 Å². The minimum atomic E-state index is 0.345. The molecule has 0 aromatic rings. The van der Waals surface area contributed by atoms with Crippen molar-refractivity contribution in [3.8, 4) is 0 Å². The van der Waals surface area contributed by atoms with E-state index in [0.29, 0.717) is 6.04 Å². The summed E-state index contributed by atoms with van der Waals surface area (Å²) in [5, 5.41) is 3.57. The van der Waals surface area contributed by atoms with Crippen LogP contribution in [-0.2, 0) is 0 Å². The van der Waals surface area contributed by atoms with E-state index in [1.165, 1.54) is 19.3 Å². The summed E-state index contributed by atoms with van der Waals surface area (Å²) in [7, 11) is 0. The molecule has 0 aromatic carbocycles. The number of nitrogens with two attached hydrogens (primary N) is 1. The lowest BCUT2D eigenvalue weighted by atomic mass is 10.0. The number of hydrogen-bond donors (Lipinski definition) is 2. The highest BCUT2D eigenvalue weighted by molar-refractivity contribution is 4.93. The molecule has 84 valence electrons. The van der Waals surface area contributed by atoms with Gasteiger partial charge in [0.15, 0.2) is 0 Å². The van der Waals surface area contributed by atoms with Gasteiger partial charge in [-0.1, -0.05) is 27.2 Å². The van der Waals surface area contributed by atoms with Gasteiger partial charge >= 0.3 is 0 Å². The van der Waals surface area contributed by atoms with Gasteiger partial charge in [0.05, 0.1) is 0 Å². The Bertz CT molecular complexity index is 156. The summed E-state index contributed by atoms with van der Waals surface area (Å²) < 4.78 is 0. The summed E-state index contributed by atoms with van der Waals surface area (Å²) in [6.07, 6.45) is 5.22. The number of hydrogen-bond acceptors (Lipinski definition) is 2. The first-order chi connectivity index (χ1) is 6.63. The predicted molar refractivity (Wildman–Crippen MR) is 62.2 cm³/mol. The van der Waals surface area contributed by atoms with Gasteiger partial charge in [0.2, 0.25) is 0 Å². The Labute approximate surface area is 88.6 Å². The molecule has 2 heteroatoms. The molecule has 3 unspecified atom stereocenters. The fraction of sp³-hybridized carbons (Fsp3) is 1.00. The van der Waals surface area contributed by atoms with E-state index in [1.807, 2.05) is 0 Å². The second kappa shape index (κ2) is 5.72. The summed E-state index contributed by atoms with van der Waals surface area (Å²) in [4.78, 5) is 0. The molecular formula is C12H26N2. The molecule has 0 amide bonds. The molecule has 1 rings (SSSR count). The quantitative estimate of drug-likeness (QED) is 0.658. The first-order valence-electron chi connectivity index (χ1n) is 6.12. The van der Waals surface area contributed by atoms with Gasteiger partial charge in [-0.15, -0.1) is 0 Å². The van der Waals surface area contributed by atoms with Crippen LogP contribution in [0.1, 0.15) is 46.5 Å². The molecule has 0 aromatic heterocycles. The summed E-state index contributed by atoms with van der Waals surface area (Å²) in [5.41, 5.74) is 6.01. The molecule has 0 saturated heterocycles. The first-order valence-corrected chi connectivity index (χ1v) is 6.12. The van der Waals surface area contributed by atoms with E-state index in [0.717, 1.165) is 30.8 Å². The Morgan fingerprint density at radius 3 is 2.71 bits per heavy atom. The lowest BCUT2D eigenvalue weighted by molar-refractivity contribution is 0.459. The minimum Gasteiger partial charge on any atom is -0.327 e. The fourth-order valence-corrected chi connectivity index (χ4v) is 2.18. The molecule has 0 aliphatic heterocycles. The van der Waals surface area contributed by atoms with Gasteiger partial charge in [-0.2, -0.15) is 0 Å². The molecule has 0 spiro atoms. The van der Waals surface area contributed by atoms with Crippen molar-refractivity contribution in [1.82, 2.24) is 5.32 Å². The van der Waals surface area contributed by atoms with Crippen LogP contribution in [0.3, 0.4) is 0 Å². The smallest absolute Gasteiger partial charge is 0.0167 e. The van der Waals surface area contributed by atoms with Crippen molar-refractivity contribution < 1.29 is 0 Å². The maximum atomic E-state index is 6.01. The molecule has 0 heterocycles. The van der Waals surface area contributed by atoms with E-state index < -0.39 is 0 Å². The zero-order valence-corrected chi connectivity index (χ0v) is 9.92. The van der Waals surface area contributed by atoms with Crippen molar-refractivity contribution in [2.24, 2.45) is 17.6 Å². The highest BCUT2D eigenvalue weighted by atomic mass is 15.0. The fourth-order valence-electron chi connectivity index (χ4n) is 2.18. The first kappa shape index (κ1) is 12.0. The zero-order chi connectivity index (χ0) is 10.6. The minimum absolute atomic E-state index is 0.345. The van der Waals surface area contributed by atoms with Crippen LogP contribution in [-0.4, -0.2) is 18.6 Å². The van der Waals surface area contributed by atoms with Crippen molar-refractivity contribution in [2.75, 3.05) is 6.54 Å². The monoisotopic (exact) mass is 198 g/mol. The van der Waals surface area contributed by atoms with Gasteiger partial charge in [-0.25, -0.2) is 0 Å². The van der Waals surface area contributed by atoms with Crippen molar-refractivity contribution in [3.63, 3.8) is 0 Å². The molecule has 3 N–H and O–H groups in total. The molecule has 14 heavy (non-hydrogen) atoms. The standard InChI is InChI=1S/C12H26N2/c1-4-5-10-7-12(10)14-8-11(13)6-9(2)3/h9-12,14H,4-8,13H2,1-3H3. The lowest BCUT2D eigenvalue weighted by Crippen LogP contribution is -2.36. The van der Waals surface area contributed by atoms with Crippen LogP contribution in [0.2, 0.25) is 0 Å². The van der Waals surface area contributed by atoms with E-state index in [4.69, 9.17) is 5.73 Å². The normalized spacial score (nSPS) is 28.1. The Morgan fingerprint density at radius 2 is 2.14 bits per heavy atom. The largest absolute Gasteiger partial charge is 0.327 e. The molecular weight excluding hydrogens is 172 g/mol. The van der Waals surface area contributed by atoms with Crippen molar-refractivity contribution in [2.45, 2.75) is 58.5 Å². The second-order valence-electron chi connectivity index (χ2n) is 5.19. The van der Waals surface area contributed by atoms with Crippen LogP contribution in [0.4, 0.5) is 0 Å². The molecule has 3 atom stereocenters. The highest BCUT2D eigenvalue weighted by Crippen LogP contribution is 2.34. The Hall–Kier alpha value is -0.0800. The Balaban J connectivity index is 1.99. The highest BCUT2D eigenvalue weighted by Gasteiger charge is 2.35.